The van der Waals surface area contributed by atoms with Gasteiger partial charge in [-0.05, 0) is 101 Å². The summed E-state index contributed by atoms with van der Waals surface area (Å²) < 4.78 is 6.39. The molecule has 0 saturated carbocycles. The molecule has 0 aliphatic heterocycles. The zero-order chi connectivity index (χ0) is 30.9. The van der Waals surface area contributed by atoms with Crippen molar-refractivity contribution in [1.82, 2.24) is 0 Å². The van der Waals surface area contributed by atoms with E-state index in [-0.39, 0.29) is 0 Å². The van der Waals surface area contributed by atoms with Crippen molar-refractivity contribution in [2.45, 2.75) is 0 Å². The standard InChI is InChI=1S/C46H28O/c1-2-12-29(13-3-1)33-23-24-40(35-17-7-6-16-34(33)35)46-38-20-10-8-18-36(38)45(37-19-9-11-21-39(37)46)32-22-25-43-41(27-32)42-26-30-14-4-5-15-31(30)28-44(42)47-43/h1-28H. The highest BCUT2D eigenvalue weighted by Crippen LogP contribution is 2.47. The lowest BCUT2D eigenvalue weighted by Crippen LogP contribution is -1.92. The van der Waals surface area contributed by atoms with E-state index in [1.165, 1.54) is 76.5 Å². The van der Waals surface area contributed by atoms with E-state index in [1.54, 1.807) is 0 Å². The van der Waals surface area contributed by atoms with Crippen molar-refractivity contribution < 1.29 is 4.42 Å². The molecule has 1 nitrogen and oxygen atoms in total. The molecule has 0 fully saturated rings. The van der Waals surface area contributed by atoms with Crippen LogP contribution in [0.5, 0.6) is 0 Å². The molecule has 47 heavy (non-hydrogen) atoms. The van der Waals surface area contributed by atoms with E-state index in [9.17, 15) is 0 Å². The zero-order valence-corrected chi connectivity index (χ0v) is 25.6. The number of furan rings is 1. The Balaban J connectivity index is 1.27. The predicted octanol–water partition coefficient (Wildman–Crippen LogP) is 13.2. The Hall–Kier alpha value is -6.18. The maximum atomic E-state index is 6.39. The molecular formula is C46H28O. The molecule has 218 valence electrons. The summed E-state index contributed by atoms with van der Waals surface area (Å²) in [7, 11) is 0. The Labute approximate surface area is 271 Å². The van der Waals surface area contributed by atoms with Gasteiger partial charge in [-0.2, -0.15) is 0 Å². The van der Waals surface area contributed by atoms with Crippen LogP contribution in [0.3, 0.4) is 0 Å². The summed E-state index contributed by atoms with van der Waals surface area (Å²) >= 11 is 0. The van der Waals surface area contributed by atoms with Gasteiger partial charge < -0.3 is 4.42 Å². The van der Waals surface area contributed by atoms with E-state index >= 15 is 0 Å². The molecule has 0 aliphatic rings. The Morgan fingerprint density at radius 2 is 0.787 bits per heavy atom. The van der Waals surface area contributed by atoms with Gasteiger partial charge in [-0.3, -0.25) is 0 Å². The van der Waals surface area contributed by atoms with Crippen LogP contribution < -0.4 is 0 Å². The van der Waals surface area contributed by atoms with Crippen LogP contribution in [0.25, 0.3) is 98.4 Å². The quantitative estimate of drug-likeness (QED) is 0.185. The molecule has 0 aliphatic carbocycles. The molecule has 0 amide bonds. The fourth-order valence-electron chi connectivity index (χ4n) is 7.73. The van der Waals surface area contributed by atoms with Gasteiger partial charge in [-0.25, -0.2) is 0 Å². The molecule has 0 atom stereocenters. The van der Waals surface area contributed by atoms with Gasteiger partial charge in [0.05, 0.1) is 0 Å². The second-order valence-corrected chi connectivity index (χ2v) is 12.4. The summed E-state index contributed by atoms with van der Waals surface area (Å²) in [6, 6.07) is 61.6. The lowest BCUT2D eigenvalue weighted by Gasteiger charge is -2.19. The minimum absolute atomic E-state index is 0.911. The molecule has 1 aromatic heterocycles. The van der Waals surface area contributed by atoms with Crippen molar-refractivity contribution in [3.8, 4) is 33.4 Å². The van der Waals surface area contributed by atoms with Crippen LogP contribution >= 0.6 is 0 Å². The molecule has 1 heterocycles. The van der Waals surface area contributed by atoms with Crippen LogP contribution in [0, 0.1) is 0 Å². The summed E-state index contributed by atoms with van der Waals surface area (Å²) in [6.07, 6.45) is 0. The first kappa shape index (κ1) is 26.1. The predicted molar refractivity (Wildman–Crippen MR) is 200 cm³/mol. The SMILES string of the molecule is c1ccc(-c2ccc(-c3c4ccccc4c(-c4ccc5oc6cc7ccccc7cc6c5c4)c4ccccc34)c3ccccc23)cc1. The van der Waals surface area contributed by atoms with Crippen molar-refractivity contribution in [2.75, 3.05) is 0 Å². The molecule has 10 rings (SSSR count). The third-order valence-corrected chi connectivity index (χ3v) is 9.84. The van der Waals surface area contributed by atoms with E-state index in [0.717, 1.165) is 21.9 Å². The van der Waals surface area contributed by atoms with Crippen LogP contribution in [-0.4, -0.2) is 0 Å². The Morgan fingerprint density at radius 1 is 0.277 bits per heavy atom. The van der Waals surface area contributed by atoms with Gasteiger partial charge in [-0.1, -0.05) is 146 Å². The van der Waals surface area contributed by atoms with Gasteiger partial charge in [0.2, 0.25) is 0 Å². The second kappa shape index (κ2) is 10.2. The van der Waals surface area contributed by atoms with Crippen LogP contribution in [0.2, 0.25) is 0 Å². The summed E-state index contributed by atoms with van der Waals surface area (Å²) in [5, 5.41) is 12.2. The molecule has 1 heteroatoms. The van der Waals surface area contributed by atoms with Gasteiger partial charge in [0.1, 0.15) is 11.2 Å². The first-order valence-electron chi connectivity index (χ1n) is 16.2. The largest absolute Gasteiger partial charge is 0.456 e. The lowest BCUT2D eigenvalue weighted by molar-refractivity contribution is 0.669. The average Bonchev–Trinajstić information content (AvgIpc) is 3.49. The van der Waals surface area contributed by atoms with Crippen LogP contribution in [0.15, 0.2) is 174 Å². The van der Waals surface area contributed by atoms with E-state index in [4.69, 9.17) is 4.42 Å². The summed E-state index contributed by atoms with van der Waals surface area (Å²) in [5.74, 6) is 0. The van der Waals surface area contributed by atoms with Gasteiger partial charge in [0.25, 0.3) is 0 Å². The maximum Gasteiger partial charge on any atom is 0.136 e. The number of benzene rings is 9. The molecule has 9 aromatic carbocycles. The third-order valence-electron chi connectivity index (χ3n) is 9.84. The fourth-order valence-corrected chi connectivity index (χ4v) is 7.73. The molecule has 0 N–H and O–H groups in total. The van der Waals surface area contributed by atoms with Gasteiger partial charge in [0, 0.05) is 10.8 Å². The zero-order valence-electron chi connectivity index (χ0n) is 25.6. The third kappa shape index (κ3) is 3.97. The number of hydrogen-bond acceptors (Lipinski definition) is 1. The second-order valence-electron chi connectivity index (χ2n) is 12.4. The Kier molecular flexibility index (Phi) is 5.64. The molecule has 0 unspecified atom stereocenters. The van der Waals surface area contributed by atoms with Crippen LogP contribution in [0.1, 0.15) is 0 Å². The Morgan fingerprint density at radius 3 is 1.47 bits per heavy atom. The van der Waals surface area contributed by atoms with Crippen molar-refractivity contribution in [3.63, 3.8) is 0 Å². The highest BCUT2D eigenvalue weighted by molar-refractivity contribution is 6.24. The van der Waals surface area contributed by atoms with E-state index < -0.39 is 0 Å². The molecule has 0 saturated heterocycles. The van der Waals surface area contributed by atoms with E-state index in [1.807, 2.05) is 0 Å². The number of rotatable bonds is 3. The van der Waals surface area contributed by atoms with Crippen LogP contribution in [-0.2, 0) is 0 Å². The van der Waals surface area contributed by atoms with Gasteiger partial charge >= 0.3 is 0 Å². The number of hydrogen-bond donors (Lipinski definition) is 0. The highest BCUT2D eigenvalue weighted by atomic mass is 16.3. The first-order chi connectivity index (χ1) is 23.3. The van der Waals surface area contributed by atoms with Crippen molar-refractivity contribution >= 4 is 65.0 Å². The highest BCUT2D eigenvalue weighted by Gasteiger charge is 2.20. The van der Waals surface area contributed by atoms with Crippen molar-refractivity contribution in [1.29, 1.82) is 0 Å². The van der Waals surface area contributed by atoms with Crippen LogP contribution in [0.4, 0.5) is 0 Å². The van der Waals surface area contributed by atoms with Crippen molar-refractivity contribution in [2.24, 2.45) is 0 Å². The topological polar surface area (TPSA) is 13.1 Å². The minimum Gasteiger partial charge on any atom is -0.456 e. The molecule has 0 bridgehead atoms. The van der Waals surface area contributed by atoms with E-state index in [0.29, 0.717) is 0 Å². The fraction of sp³-hybridized carbons (Fsp3) is 0. The Bertz CT molecular complexity index is 2780. The molecule has 0 radical (unpaired) electrons. The average molecular weight is 597 g/mol. The summed E-state index contributed by atoms with van der Waals surface area (Å²) in [4.78, 5) is 0. The molecule has 0 spiro atoms. The lowest BCUT2D eigenvalue weighted by atomic mass is 9.83. The first-order valence-corrected chi connectivity index (χ1v) is 16.2. The monoisotopic (exact) mass is 596 g/mol. The smallest absolute Gasteiger partial charge is 0.136 e. The minimum atomic E-state index is 0.911. The molecule has 10 aromatic rings. The van der Waals surface area contributed by atoms with Gasteiger partial charge in [-0.15, -0.1) is 0 Å². The summed E-state index contributed by atoms with van der Waals surface area (Å²) in [5.41, 5.74) is 9.29. The van der Waals surface area contributed by atoms with E-state index in [2.05, 4.69) is 170 Å². The normalized spacial score (nSPS) is 11.8. The van der Waals surface area contributed by atoms with Crippen molar-refractivity contribution in [3.05, 3.63) is 170 Å². The number of fused-ring (bicyclic) bond motifs is 7. The summed E-state index contributed by atoms with van der Waals surface area (Å²) in [6.45, 7) is 0. The van der Waals surface area contributed by atoms with Gasteiger partial charge in [0.15, 0.2) is 0 Å². The molecular weight excluding hydrogens is 569 g/mol. The maximum absolute atomic E-state index is 6.39.